The van der Waals surface area contributed by atoms with Crippen molar-refractivity contribution >= 4 is 16.7 Å². The molecule has 3 nitrogen and oxygen atoms in total. The molecule has 1 aliphatic rings. The molecule has 0 saturated carbocycles. The Hall–Kier alpha value is -1.74. The molecule has 1 saturated heterocycles. The Balaban J connectivity index is 1.72. The molecule has 2 atom stereocenters. The predicted octanol–water partition coefficient (Wildman–Crippen LogP) is 3.59. The quantitative estimate of drug-likeness (QED) is 0.871. The molecule has 110 valence electrons. The minimum absolute atomic E-state index is 0.207. The Labute approximate surface area is 125 Å². The molecular weight excluding hydrogens is 260 g/mol. The topological polar surface area (TPSA) is 42.0 Å². The highest BCUT2D eigenvalue weighted by molar-refractivity contribution is 6.06. The summed E-state index contributed by atoms with van der Waals surface area (Å²) in [6, 6.07) is 10.2. The zero-order chi connectivity index (χ0) is 14.7. The summed E-state index contributed by atoms with van der Waals surface area (Å²) >= 11 is 0. The number of hydrogen-bond donors (Lipinski definition) is 1. The van der Waals surface area contributed by atoms with E-state index in [4.69, 9.17) is 0 Å². The first-order valence-corrected chi connectivity index (χ1v) is 7.86. The van der Waals surface area contributed by atoms with Crippen molar-refractivity contribution < 1.29 is 4.79 Å². The number of fused-ring (bicyclic) bond motifs is 1. The van der Waals surface area contributed by atoms with E-state index in [-0.39, 0.29) is 5.78 Å². The highest BCUT2D eigenvalue weighted by Crippen LogP contribution is 2.22. The zero-order valence-electron chi connectivity index (χ0n) is 12.5. The van der Waals surface area contributed by atoms with Gasteiger partial charge in [-0.1, -0.05) is 25.1 Å². The fourth-order valence-corrected chi connectivity index (χ4v) is 3.25. The highest BCUT2D eigenvalue weighted by Gasteiger charge is 2.22. The molecule has 0 bridgehead atoms. The van der Waals surface area contributed by atoms with Crippen LogP contribution in [0.4, 0.5) is 0 Å². The Kier molecular flexibility index (Phi) is 4.30. The van der Waals surface area contributed by atoms with Crippen molar-refractivity contribution in [2.24, 2.45) is 5.92 Å². The number of piperidine rings is 1. The first kappa shape index (κ1) is 14.2. The van der Waals surface area contributed by atoms with Gasteiger partial charge in [0.2, 0.25) is 0 Å². The number of benzene rings is 1. The number of para-hydroxylation sites is 1. The number of hydrogen-bond acceptors (Lipinski definition) is 3. The first-order chi connectivity index (χ1) is 10.3. The Morgan fingerprint density at radius 2 is 2.19 bits per heavy atom. The molecule has 0 radical (unpaired) electrons. The predicted molar refractivity (Wildman–Crippen MR) is 85.5 cm³/mol. The van der Waals surface area contributed by atoms with Crippen LogP contribution in [-0.4, -0.2) is 23.4 Å². The van der Waals surface area contributed by atoms with Crippen LogP contribution < -0.4 is 5.32 Å². The molecule has 1 fully saturated rings. The first-order valence-electron chi connectivity index (χ1n) is 7.86. The van der Waals surface area contributed by atoms with Crippen LogP contribution in [0.3, 0.4) is 0 Å². The van der Waals surface area contributed by atoms with Crippen molar-refractivity contribution in [1.82, 2.24) is 10.3 Å². The SMILES string of the molecule is C[C@@H]1CCCN[C@@H]1CCC(=O)c1cccc2cccnc12. The van der Waals surface area contributed by atoms with E-state index in [9.17, 15) is 4.79 Å². The zero-order valence-corrected chi connectivity index (χ0v) is 12.5. The van der Waals surface area contributed by atoms with Gasteiger partial charge in [0.1, 0.15) is 0 Å². The molecule has 3 rings (SSSR count). The average molecular weight is 282 g/mol. The Bertz CT molecular complexity index is 633. The van der Waals surface area contributed by atoms with Crippen LogP contribution in [0.5, 0.6) is 0 Å². The standard InChI is InChI=1S/C18H22N2O/c1-13-5-3-11-19-16(13)9-10-17(21)15-8-2-6-14-7-4-12-20-18(14)15/h2,4,6-8,12-13,16,19H,3,5,9-11H2,1H3/t13-,16-/m1/s1. The smallest absolute Gasteiger partial charge is 0.165 e. The van der Waals surface area contributed by atoms with Crippen LogP contribution in [-0.2, 0) is 0 Å². The van der Waals surface area contributed by atoms with Gasteiger partial charge in [-0.25, -0.2) is 0 Å². The summed E-state index contributed by atoms with van der Waals surface area (Å²) in [7, 11) is 0. The maximum Gasteiger partial charge on any atom is 0.165 e. The van der Waals surface area contributed by atoms with Crippen LogP contribution >= 0.6 is 0 Å². The maximum atomic E-state index is 12.5. The fraction of sp³-hybridized carbons (Fsp3) is 0.444. The monoisotopic (exact) mass is 282 g/mol. The number of carbonyl (C=O) groups is 1. The van der Waals surface area contributed by atoms with Gasteiger partial charge in [-0.3, -0.25) is 9.78 Å². The van der Waals surface area contributed by atoms with E-state index in [0.29, 0.717) is 18.4 Å². The van der Waals surface area contributed by atoms with Crippen molar-refractivity contribution in [1.29, 1.82) is 0 Å². The number of nitrogens with one attached hydrogen (secondary N) is 1. The van der Waals surface area contributed by atoms with Crippen LogP contribution in [0.25, 0.3) is 10.9 Å². The third kappa shape index (κ3) is 3.13. The lowest BCUT2D eigenvalue weighted by Crippen LogP contribution is -2.40. The van der Waals surface area contributed by atoms with Gasteiger partial charge in [0, 0.05) is 29.6 Å². The van der Waals surface area contributed by atoms with E-state index < -0.39 is 0 Å². The molecule has 0 spiro atoms. The van der Waals surface area contributed by atoms with Gasteiger partial charge < -0.3 is 5.32 Å². The highest BCUT2D eigenvalue weighted by atomic mass is 16.1. The minimum Gasteiger partial charge on any atom is -0.314 e. The lowest BCUT2D eigenvalue weighted by atomic mass is 9.88. The lowest BCUT2D eigenvalue weighted by molar-refractivity contribution is 0.0971. The second kappa shape index (κ2) is 6.35. The van der Waals surface area contributed by atoms with Crippen molar-refractivity contribution in [2.75, 3.05) is 6.54 Å². The summed E-state index contributed by atoms with van der Waals surface area (Å²) in [5, 5.41) is 4.58. The molecule has 1 aromatic carbocycles. The summed E-state index contributed by atoms with van der Waals surface area (Å²) in [4.78, 5) is 16.9. The van der Waals surface area contributed by atoms with E-state index in [0.717, 1.165) is 29.4 Å². The van der Waals surface area contributed by atoms with Crippen molar-refractivity contribution in [3.05, 3.63) is 42.1 Å². The molecule has 1 aromatic heterocycles. The summed E-state index contributed by atoms with van der Waals surface area (Å²) in [6.07, 6.45) is 5.78. The summed E-state index contributed by atoms with van der Waals surface area (Å²) in [5.41, 5.74) is 1.59. The maximum absolute atomic E-state index is 12.5. The van der Waals surface area contributed by atoms with Crippen LogP contribution in [0.15, 0.2) is 36.5 Å². The fourth-order valence-electron chi connectivity index (χ4n) is 3.25. The second-order valence-corrected chi connectivity index (χ2v) is 6.02. The van der Waals surface area contributed by atoms with Gasteiger partial charge in [0.15, 0.2) is 5.78 Å². The number of pyridine rings is 1. The second-order valence-electron chi connectivity index (χ2n) is 6.02. The third-order valence-electron chi connectivity index (χ3n) is 4.55. The van der Waals surface area contributed by atoms with E-state index in [1.165, 1.54) is 12.8 Å². The van der Waals surface area contributed by atoms with Gasteiger partial charge in [-0.2, -0.15) is 0 Å². The molecule has 1 N–H and O–H groups in total. The number of rotatable bonds is 4. The summed E-state index contributed by atoms with van der Waals surface area (Å²) in [5.74, 6) is 0.871. The minimum atomic E-state index is 0.207. The number of Topliss-reactive ketones (excluding diaryl/α,β-unsaturated/α-hetero) is 1. The average Bonchev–Trinajstić information content (AvgIpc) is 2.53. The largest absolute Gasteiger partial charge is 0.314 e. The van der Waals surface area contributed by atoms with Gasteiger partial charge >= 0.3 is 0 Å². The normalized spacial score (nSPS) is 22.3. The number of aromatic nitrogens is 1. The van der Waals surface area contributed by atoms with Gasteiger partial charge in [-0.15, -0.1) is 0 Å². The van der Waals surface area contributed by atoms with Crippen molar-refractivity contribution in [3.63, 3.8) is 0 Å². The molecule has 0 amide bonds. The molecule has 0 unspecified atom stereocenters. The molecule has 2 aromatic rings. The number of ketones is 1. The molecule has 3 heteroatoms. The van der Waals surface area contributed by atoms with E-state index in [1.807, 2.05) is 30.3 Å². The van der Waals surface area contributed by atoms with E-state index in [2.05, 4.69) is 17.2 Å². The Morgan fingerprint density at radius 3 is 3.05 bits per heavy atom. The van der Waals surface area contributed by atoms with Gasteiger partial charge in [0.25, 0.3) is 0 Å². The van der Waals surface area contributed by atoms with E-state index in [1.54, 1.807) is 6.20 Å². The van der Waals surface area contributed by atoms with Crippen LogP contribution in [0.2, 0.25) is 0 Å². The van der Waals surface area contributed by atoms with Gasteiger partial charge in [0.05, 0.1) is 5.52 Å². The van der Waals surface area contributed by atoms with Crippen molar-refractivity contribution in [2.45, 2.75) is 38.6 Å². The Morgan fingerprint density at radius 1 is 1.33 bits per heavy atom. The molecule has 21 heavy (non-hydrogen) atoms. The van der Waals surface area contributed by atoms with Crippen LogP contribution in [0.1, 0.15) is 43.0 Å². The van der Waals surface area contributed by atoms with Crippen molar-refractivity contribution in [3.8, 4) is 0 Å². The summed E-state index contributed by atoms with van der Waals surface area (Å²) in [6.45, 7) is 3.36. The van der Waals surface area contributed by atoms with E-state index >= 15 is 0 Å². The number of carbonyl (C=O) groups excluding carboxylic acids is 1. The molecule has 0 aliphatic carbocycles. The van der Waals surface area contributed by atoms with Crippen LogP contribution in [0, 0.1) is 5.92 Å². The summed E-state index contributed by atoms with van der Waals surface area (Å²) < 4.78 is 0. The van der Waals surface area contributed by atoms with Gasteiger partial charge in [-0.05, 0) is 43.9 Å². The molecule has 1 aliphatic heterocycles. The molecular formula is C18H22N2O. The molecule has 2 heterocycles. The lowest BCUT2D eigenvalue weighted by Gasteiger charge is -2.29. The number of nitrogens with zero attached hydrogens (tertiary/aromatic N) is 1. The third-order valence-corrected chi connectivity index (χ3v) is 4.55.